The average Bonchev–Trinajstić information content (AvgIpc) is 3.72. The highest BCUT2D eigenvalue weighted by atomic mass is 32.2. The van der Waals surface area contributed by atoms with Gasteiger partial charge < -0.3 is 9.72 Å². The third-order valence-corrected chi connectivity index (χ3v) is 11.8. The van der Waals surface area contributed by atoms with Gasteiger partial charge in [0.25, 0.3) is 0 Å². The Morgan fingerprint density at radius 1 is 0.825 bits per heavy atom. The van der Waals surface area contributed by atoms with Gasteiger partial charge in [-0.15, -0.1) is 11.8 Å². The Hall–Kier alpha value is -3.62. The Labute approximate surface area is 239 Å². The van der Waals surface area contributed by atoms with Crippen molar-refractivity contribution in [1.29, 1.82) is 0 Å². The van der Waals surface area contributed by atoms with Crippen LogP contribution in [0.25, 0.3) is 0 Å². The molecule has 2 bridgehead atoms. The van der Waals surface area contributed by atoms with Crippen molar-refractivity contribution in [3.63, 3.8) is 0 Å². The lowest BCUT2D eigenvalue weighted by Crippen LogP contribution is -2.42. The van der Waals surface area contributed by atoms with Crippen LogP contribution in [0.5, 0.6) is 5.75 Å². The van der Waals surface area contributed by atoms with E-state index in [2.05, 4.69) is 17.1 Å². The summed E-state index contributed by atoms with van der Waals surface area (Å²) in [6.45, 7) is 0.495. The van der Waals surface area contributed by atoms with Gasteiger partial charge in [0.05, 0.1) is 22.5 Å². The molecule has 8 heteroatoms. The second kappa shape index (κ2) is 9.21. The summed E-state index contributed by atoms with van der Waals surface area (Å²) in [4.78, 5) is 45.5. The van der Waals surface area contributed by atoms with Crippen molar-refractivity contribution in [2.75, 3.05) is 4.90 Å². The number of rotatable bonds is 5. The summed E-state index contributed by atoms with van der Waals surface area (Å²) in [6, 6.07) is 27.6. The van der Waals surface area contributed by atoms with E-state index in [9.17, 15) is 14.4 Å². The summed E-state index contributed by atoms with van der Waals surface area (Å²) in [5, 5.41) is 1.10. The van der Waals surface area contributed by atoms with Gasteiger partial charge in [0, 0.05) is 16.0 Å². The summed E-state index contributed by atoms with van der Waals surface area (Å²) in [6.07, 6.45) is 0.881. The zero-order valence-electron chi connectivity index (χ0n) is 21.4. The molecular formula is C32H26N2O4S2. The van der Waals surface area contributed by atoms with E-state index >= 15 is 0 Å². The number of thiazole rings is 1. The van der Waals surface area contributed by atoms with Gasteiger partial charge in [-0.1, -0.05) is 72.0 Å². The van der Waals surface area contributed by atoms with Crippen molar-refractivity contribution in [3.8, 4) is 5.75 Å². The molecule has 4 aromatic rings. The fraction of sp³-hybridized carbons (Fsp3) is 0.281. The first kappa shape index (κ1) is 24.2. The number of ether oxygens (including phenoxy) is 1. The molecule has 2 aliphatic carbocycles. The molecule has 2 aliphatic heterocycles. The number of nitrogens with one attached hydrogen (secondary N) is 1. The zero-order valence-corrected chi connectivity index (χ0v) is 23.1. The predicted molar refractivity (Wildman–Crippen MR) is 155 cm³/mol. The number of benzene rings is 3. The number of thioether (sulfide) groups is 1. The van der Waals surface area contributed by atoms with E-state index < -0.39 is 0 Å². The average molecular weight is 567 g/mol. The van der Waals surface area contributed by atoms with Crippen LogP contribution in [0.1, 0.15) is 28.3 Å². The number of aromatic nitrogens is 1. The van der Waals surface area contributed by atoms with E-state index in [-0.39, 0.29) is 57.4 Å². The molecule has 0 unspecified atom stereocenters. The first-order valence-corrected chi connectivity index (χ1v) is 15.4. The summed E-state index contributed by atoms with van der Waals surface area (Å²) in [5.41, 5.74) is 2.89. The quantitative estimate of drug-likeness (QED) is 0.314. The maximum atomic E-state index is 13.8. The molecule has 2 saturated carbocycles. The first-order chi connectivity index (χ1) is 19.6. The van der Waals surface area contributed by atoms with Gasteiger partial charge in [-0.05, 0) is 59.6 Å². The van der Waals surface area contributed by atoms with Crippen LogP contribution in [0.2, 0.25) is 0 Å². The number of hydrogen-bond donors (Lipinski definition) is 1. The summed E-state index contributed by atoms with van der Waals surface area (Å²) < 4.78 is 6.04. The van der Waals surface area contributed by atoms with Crippen LogP contribution in [0.3, 0.4) is 0 Å². The maximum Gasteiger partial charge on any atom is 0.305 e. The first-order valence-electron chi connectivity index (χ1n) is 13.7. The number of nitrogens with zero attached hydrogens (tertiary/aromatic N) is 1. The molecule has 40 heavy (non-hydrogen) atoms. The van der Waals surface area contributed by atoms with Crippen LogP contribution in [-0.4, -0.2) is 22.0 Å². The molecule has 3 aromatic carbocycles. The number of carbonyl (C=O) groups excluding carboxylic acids is 2. The normalized spacial score (nSPS) is 29.8. The number of carbonyl (C=O) groups is 2. The lowest BCUT2D eigenvalue weighted by Gasteiger charge is -2.43. The minimum absolute atomic E-state index is 0.00185. The molecular weight excluding hydrogens is 540 g/mol. The van der Waals surface area contributed by atoms with Crippen molar-refractivity contribution in [2.45, 2.75) is 29.2 Å². The van der Waals surface area contributed by atoms with Gasteiger partial charge in [-0.2, -0.15) is 0 Å². The highest BCUT2D eigenvalue weighted by Crippen LogP contribution is 2.68. The van der Waals surface area contributed by atoms with E-state index in [1.165, 1.54) is 16.2 Å². The van der Waals surface area contributed by atoms with Crippen LogP contribution >= 0.6 is 23.1 Å². The highest BCUT2D eigenvalue weighted by Gasteiger charge is 2.69. The lowest BCUT2D eigenvalue weighted by molar-refractivity contribution is -0.123. The Bertz CT molecular complexity index is 1670. The van der Waals surface area contributed by atoms with Crippen molar-refractivity contribution >= 4 is 40.6 Å². The van der Waals surface area contributed by atoms with E-state index in [4.69, 9.17) is 4.74 Å². The maximum absolute atomic E-state index is 13.8. The molecule has 8 rings (SSSR count). The highest BCUT2D eigenvalue weighted by molar-refractivity contribution is 8.00. The molecule has 200 valence electrons. The van der Waals surface area contributed by atoms with E-state index in [0.717, 1.165) is 33.2 Å². The van der Waals surface area contributed by atoms with E-state index in [1.54, 1.807) is 11.8 Å². The van der Waals surface area contributed by atoms with Gasteiger partial charge in [0.15, 0.2) is 0 Å². The van der Waals surface area contributed by atoms with Crippen LogP contribution < -0.4 is 14.5 Å². The zero-order chi connectivity index (χ0) is 27.0. The molecule has 0 spiro atoms. The van der Waals surface area contributed by atoms with E-state index in [0.29, 0.717) is 12.3 Å². The number of imide groups is 1. The Balaban J connectivity index is 1.13. The third-order valence-electron chi connectivity index (χ3n) is 9.23. The molecule has 1 N–H and O–H groups in total. The van der Waals surface area contributed by atoms with Gasteiger partial charge in [-0.3, -0.25) is 19.3 Å². The second-order valence-electron chi connectivity index (χ2n) is 11.2. The molecule has 2 amide bonds. The fourth-order valence-corrected chi connectivity index (χ4v) is 10.6. The number of para-hydroxylation sites is 1. The Morgan fingerprint density at radius 3 is 2.23 bits per heavy atom. The smallest absolute Gasteiger partial charge is 0.305 e. The summed E-state index contributed by atoms with van der Waals surface area (Å²) in [7, 11) is 0. The molecule has 3 fully saturated rings. The molecule has 3 heterocycles. The standard InChI is InChI=1S/C32H26N2O4S2/c35-30-25-21-15-22(26(25)31(36)34(30)19-9-5-2-6-10-19)27-24(21)23(28-29(39-27)33-32(37)40-28)18-11-13-20(14-12-18)38-16-17-7-3-1-4-8-17/h1-14,21-27H,15-16H2,(H,33,37)/t21-,22-,23+,24+,25+,26+,27-/m1/s1. The number of fused-ring (bicyclic) bond motifs is 9. The fourth-order valence-electron chi connectivity index (χ4n) is 7.73. The second-order valence-corrected chi connectivity index (χ2v) is 13.4. The third kappa shape index (κ3) is 3.58. The summed E-state index contributed by atoms with van der Waals surface area (Å²) in [5.74, 6) is 0.476. The van der Waals surface area contributed by atoms with Crippen LogP contribution in [0, 0.1) is 29.6 Å². The number of anilines is 1. The van der Waals surface area contributed by atoms with Gasteiger partial charge in [0.1, 0.15) is 12.4 Å². The van der Waals surface area contributed by atoms with Gasteiger partial charge in [0.2, 0.25) is 11.8 Å². The minimum Gasteiger partial charge on any atom is -0.489 e. The summed E-state index contributed by atoms with van der Waals surface area (Å²) >= 11 is 3.00. The predicted octanol–water partition coefficient (Wildman–Crippen LogP) is 5.69. The molecule has 7 atom stereocenters. The van der Waals surface area contributed by atoms with Crippen molar-refractivity contribution in [2.24, 2.45) is 29.6 Å². The molecule has 4 aliphatic rings. The SMILES string of the molecule is O=C1[C@H]2[C@H]3C[C@@H]([C@@H]2C(=O)N1c1ccccc1)[C@H]1[C@H](c2ccc(OCc4ccccc4)cc2)c2sc(=O)[nH]c2S[C@H]31. The van der Waals surface area contributed by atoms with Crippen LogP contribution in [-0.2, 0) is 16.2 Å². The molecule has 6 nitrogen and oxygen atoms in total. The Kier molecular flexibility index (Phi) is 5.57. The lowest BCUT2D eigenvalue weighted by atomic mass is 9.68. The number of aromatic amines is 1. The van der Waals surface area contributed by atoms with Crippen molar-refractivity contribution in [3.05, 3.63) is 111 Å². The number of H-pyrrole nitrogens is 1. The topological polar surface area (TPSA) is 79.5 Å². The van der Waals surface area contributed by atoms with Crippen LogP contribution in [0.15, 0.2) is 94.7 Å². The molecule has 1 saturated heterocycles. The minimum atomic E-state index is -0.298. The Morgan fingerprint density at radius 2 is 1.50 bits per heavy atom. The molecule has 1 aromatic heterocycles. The van der Waals surface area contributed by atoms with Crippen molar-refractivity contribution in [1.82, 2.24) is 4.98 Å². The largest absolute Gasteiger partial charge is 0.489 e. The molecule has 0 radical (unpaired) electrons. The monoisotopic (exact) mass is 566 g/mol. The van der Waals surface area contributed by atoms with Crippen LogP contribution in [0.4, 0.5) is 5.69 Å². The van der Waals surface area contributed by atoms with Crippen molar-refractivity contribution < 1.29 is 14.3 Å². The number of amides is 2. The number of hydrogen-bond acceptors (Lipinski definition) is 6. The van der Waals surface area contributed by atoms with E-state index in [1.807, 2.05) is 72.8 Å². The van der Waals surface area contributed by atoms with Gasteiger partial charge >= 0.3 is 4.87 Å². The van der Waals surface area contributed by atoms with Gasteiger partial charge in [-0.25, -0.2) is 0 Å².